The quantitative estimate of drug-likeness (QED) is 0.839. The van der Waals surface area contributed by atoms with Crippen LogP contribution in [0.25, 0.3) is 0 Å². The van der Waals surface area contributed by atoms with Crippen LogP contribution in [0.15, 0.2) is 24.5 Å². The SMILES string of the molecule is CC(C)c1cccc(CN2CCC(c3nncn3C(C)C)CC2)n1. The third-order valence-corrected chi connectivity index (χ3v) is 4.92. The highest BCUT2D eigenvalue weighted by molar-refractivity contribution is 5.14. The van der Waals surface area contributed by atoms with Crippen LogP contribution in [-0.2, 0) is 6.54 Å². The van der Waals surface area contributed by atoms with Gasteiger partial charge in [-0.15, -0.1) is 10.2 Å². The molecule has 0 aromatic carbocycles. The standard InChI is InChI=1S/C19H29N5/c1-14(2)18-7-5-6-17(21-18)12-23-10-8-16(9-11-23)19-22-20-13-24(19)15(3)4/h5-7,13-16H,8-12H2,1-4H3. The normalized spacial score (nSPS) is 17.1. The van der Waals surface area contributed by atoms with Gasteiger partial charge in [0.05, 0.1) is 5.69 Å². The molecule has 130 valence electrons. The van der Waals surface area contributed by atoms with Gasteiger partial charge in [0.25, 0.3) is 0 Å². The average Bonchev–Trinajstić information content (AvgIpc) is 3.06. The summed E-state index contributed by atoms with van der Waals surface area (Å²) in [6, 6.07) is 6.83. The minimum Gasteiger partial charge on any atom is -0.315 e. The van der Waals surface area contributed by atoms with Gasteiger partial charge in [0, 0.05) is 24.2 Å². The fourth-order valence-corrected chi connectivity index (χ4v) is 3.43. The summed E-state index contributed by atoms with van der Waals surface area (Å²) in [5, 5.41) is 8.50. The summed E-state index contributed by atoms with van der Waals surface area (Å²) in [4.78, 5) is 7.32. The fourth-order valence-electron chi connectivity index (χ4n) is 3.43. The Kier molecular flexibility index (Phi) is 5.29. The molecule has 3 rings (SSSR count). The van der Waals surface area contributed by atoms with Crippen LogP contribution in [-0.4, -0.2) is 37.7 Å². The van der Waals surface area contributed by atoms with Gasteiger partial charge >= 0.3 is 0 Å². The first-order valence-electron chi connectivity index (χ1n) is 9.12. The molecule has 1 saturated heterocycles. The molecule has 0 aliphatic carbocycles. The lowest BCUT2D eigenvalue weighted by molar-refractivity contribution is 0.197. The van der Waals surface area contributed by atoms with E-state index in [0.29, 0.717) is 17.9 Å². The number of aromatic nitrogens is 4. The molecule has 0 bridgehead atoms. The zero-order valence-electron chi connectivity index (χ0n) is 15.3. The molecule has 0 atom stereocenters. The van der Waals surface area contributed by atoms with Crippen molar-refractivity contribution in [2.24, 2.45) is 0 Å². The maximum absolute atomic E-state index is 4.80. The van der Waals surface area contributed by atoms with Crippen LogP contribution in [0.4, 0.5) is 0 Å². The Balaban J connectivity index is 1.59. The van der Waals surface area contributed by atoms with Crippen molar-refractivity contribution in [2.45, 2.75) is 65.0 Å². The van der Waals surface area contributed by atoms with Crippen molar-refractivity contribution in [2.75, 3.05) is 13.1 Å². The Morgan fingerprint density at radius 3 is 2.54 bits per heavy atom. The van der Waals surface area contributed by atoms with Gasteiger partial charge < -0.3 is 4.57 Å². The van der Waals surface area contributed by atoms with Crippen molar-refractivity contribution >= 4 is 0 Å². The predicted molar refractivity (Wildman–Crippen MR) is 96.0 cm³/mol. The second kappa shape index (κ2) is 7.43. The Bertz CT molecular complexity index is 653. The number of rotatable bonds is 5. The van der Waals surface area contributed by atoms with Crippen molar-refractivity contribution in [3.63, 3.8) is 0 Å². The topological polar surface area (TPSA) is 46.8 Å². The molecule has 5 nitrogen and oxygen atoms in total. The van der Waals surface area contributed by atoms with Crippen LogP contribution in [0.3, 0.4) is 0 Å². The van der Waals surface area contributed by atoms with Crippen molar-refractivity contribution in [3.8, 4) is 0 Å². The molecule has 24 heavy (non-hydrogen) atoms. The van der Waals surface area contributed by atoms with E-state index in [0.717, 1.165) is 38.3 Å². The molecule has 2 aromatic heterocycles. The highest BCUT2D eigenvalue weighted by Crippen LogP contribution is 2.28. The Hall–Kier alpha value is -1.75. The van der Waals surface area contributed by atoms with Gasteiger partial charge in [0.1, 0.15) is 12.2 Å². The van der Waals surface area contributed by atoms with E-state index in [1.54, 1.807) is 0 Å². The minimum absolute atomic E-state index is 0.427. The molecular formula is C19H29N5. The van der Waals surface area contributed by atoms with Crippen molar-refractivity contribution in [1.29, 1.82) is 0 Å². The molecule has 0 amide bonds. The molecule has 5 heteroatoms. The summed E-state index contributed by atoms with van der Waals surface area (Å²) in [5.41, 5.74) is 2.37. The summed E-state index contributed by atoms with van der Waals surface area (Å²) >= 11 is 0. The predicted octanol–water partition coefficient (Wildman–Crippen LogP) is 3.76. The highest BCUT2D eigenvalue weighted by Gasteiger charge is 2.25. The molecule has 0 saturated carbocycles. The summed E-state index contributed by atoms with van der Waals surface area (Å²) < 4.78 is 2.22. The Morgan fingerprint density at radius 2 is 1.88 bits per heavy atom. The molecule has 1 aliphatic rings. The fraction of sp³-hybridized carbons (Fsp3) is 0.632. The molecule has 0 radical (unpaired) electrons. The average molecular weight is 327 g/mol. The summed E-state index contributed by atoms with van der Waals surface area (Å²) in [7, 11) is 0. The highest BCUT2D eigenvalue weighted by atomic mass is 15.3. The third-order valence-electron chi connectivity index (χ3n) is 4.92. The lowest BCUT2D eigenvalue weighted by atomic mass is 9.95. The van der Waals surface area contributed by atoms with Crippen LogP contribution < -0.4 is 0 Å². The van der Waals surface area contributed by atoms with Crippen molar-refractivity contribution in [3.05, 3.63) is 41.7 Å². The first-order valence-corrected chi connectivity index (χ1v) is 9.12. The maximum Gasteiger partial charge on any atom is 0.136 e. The van der Waals surface area contributed by atoms with Crippen LogP contribution in [0.2, 0.25) is 0 Å². The van der Waals surface area contributed by atoms with Crippen LogP contribution in [0.5, 0.6) is 0 Å². The second-order valence-corrected chi connectivity index (χ2v) is 7.45. The molecule has 0 unspecified atom stereocenters. The van der Waals surface area contributed by atoms with Crippen molar-refractivity contribution < 1.29 is 0 Å². The van der Waals surface area contributed by atoms with Gasteiger partial charge in [-0.1, -0.05) is 19.9 Å². The largest absolute Gasteiger partial charge is 0.315 e. The van der Waals surface area contributed by atoms with E-state index in [2.05, 4.69) is 65.6 Å². The Morgan fingerprint density at radius 1 is 1.12 bits per heavy atom. The van der Waals surface area contributed by atoms with Crippen molar-refractivity contribution in [1.82, 2.24) is 24.6 Å². The summed E-state index contributed by atoms with van der Waals surface area (Å²) in [6.07, 6.45) is 4.16. The van der Waals surface area contributed by atoms with E-state index in [1.165, 1.54) is 11.4 Å². The zero-order valence-corrected chi connectivity index (χ0v) is 15.3. The lowest BCUT2D eigenvalue weighted by Crippen LogP contribution is -2.33. The van der Waals surface area contributed by atoms with Crippen LogP contribution in [0.1, 0.15) is 75.6 Å². The Labute approximate surface area is 145 Å². The van der Waals surface area contributed by atoms with Gasteiger partial charge in [-0.25, -0.2) is 0 Å². The number of likely N-dealkylation sites (tertiary alicyclic amines) is 1. The third kappa shape index (κ3) is 3.83. The number of pyridine rings is 1. The molecule has 0 spiro atoms. The minimum atomic E-state index is 0.427. The van der Waals surface area contributed by atoms with Gasteiger partial charge in [-0.3, -0.25) is 9.88 Å². The molecule has 3 heterocycles. The zero-order chi connectivity index (χ0) is 17.1. The number of nitrogens with zero attached hydrogens (tertiary/aromatic N) is 5. The monoisotopic (exact) mass is 327 g/mol. The smallest absolute Gasteiger partial charge is 0.136 e. The second-order valence-electron chi connectivity index (χ2n) is 7.45. The summed E-state index contributed by atoms with van der Waals surface area (Å²) in [6.45, 7) is 11.9. The van der Waals surface area contributed by atoms with E-state index in [1.807, 2.05) is 6.33 Å². The number of piperidine rings is 1. The van der Waals surface area contributed by atoms with E-state index < -0.39 is 0 Å². The van der Waals surface area contributed by atoms with Gasteiger partial charge in [0.2, 0.25) is 0 Å². The molecule has 0 N–H and O–H groups in total. The van der Waals surface area contributed by atoms with E-state index in [9.17, 15) is 0 Å². The van der Waals surface area contributed by atoms with E-state index in [4.69, 9.17) is 4.98 Å². The van der Waals surface area contributed by atoms with E-state index >= 15 is 0 Å². The van der Waals surface area contributed by atoms with Crippen LogP contribution in [0, 0.1) is 0 Å². The molecule has 1 aliphatic heterocycles. The first kappa shape index (κ1) is 17.1. The van der Waals surface area contributed by atoms with Crippen LogP contribution >= 0.6 is 0 Å². The lowest BCUT2D eigenvalue weighted by Gasteiger charge is -2.31. The molecule has 2 aromatic rings. The maximum atomic E-state index is 4.80. The molecular weight excluding hydrogens is 298 g/mol. The van der Waals surface area contributed by atoms with Gasteiger partial charge in [-0.2, -0.15) is 0 Å². The summed E-state index contributed by atoms with van der Waals surface area (Å²) in [5.74, 6) is 2.17. The van der Waals surface area contributed by atoms with E-state index in [-0.39, 0.29) is 0 Å². The van der Waals surface area contributed by atoms with Gasteiger partial charge in [0.15, 0.2) is 0 Å². The number of hydrogen-bond donors (Lipinski definition) is 0. The van der Waals surface area contributed by atoms with Gasteiger partial charge in [-0.05, 0) is 57.8 Å². The first-order chi connectivity index (χ1) is 11.5. The number of hydrogen-bond acceptors (Lipinski definition) is 4. The molecule has 1 fully saturated rings.